The monoisotopic (exact) mass is 617 g/mol. The largest absolute Gasteiger partial charge is 0.462 e. The van der Waals surface area contributed by atoms with Crippen LogP contribution >= 0.6 is 7.75 Å². The number of ether oxygens (including phenoxy) is 2. The van der Waals surface area contributed by atoms with E-state index in [-0.39, 0.29) is 18.1 Å². The molecule has 0 aliphatic carbocycles. The van der Waals surface area contributed by atoms with E-state index in [1.807, 2.05) is 0 Å². The van der Waals surface area contributed by atoms with Gasteiger partial charge in [0, 0.05) is 6.20 Å². The van der Waals surface area contributed by atoms with Gasteiger partial charge in [-0.05, 0) is 53.1 Å². The number of hydrogen-bond donors (Lipinski definition) is 3. The van der Waals surface area contributed by atoms with E-state index in [4.69, 9.17) is 18.5 Å². The summed E-state index contributed by atoms with van der Waals surface area (Å²) in [6, 6.07) is 7.64. The lowest BCUT2D eigenvalue weighted by molar-refractivity contribution is -0.149. The van der Waals surface area contributed by atoms with Gasteiger partial charge >= 0.3 is 25.3 Å². The minimum Gasteiger partial charge on any atom is -0.462 e. The van der Waals surface area contributed by atoms with Gasteiger partial charge in [-0.25, -0.2) is 9.36 Å². The zero-order chi connectivity index (χ0) is 31.2. The second-order valence-electron chi connectivity index (χ2n) is 9.97. The fraction of sp³-hybridized carbons (Fsp3) is 0.520. The Hall–Kier alpha value is -3.27. The Balaban J connectivity index is 1.77. The van der Waals surface area contributed by atoms with Gasteiger partial charge in [0.15, 0.2) is 6.10 Å². The van der Waals surface area contributed by atoms with Gasteiger partial charge in [0.1, 0.15) is 23.7 Å². The summed E-state index contributed by atoms with van der Waals surface area (Å²) in [6.07, 6.45) is -6.14. The second-order valence-corrected chi connectivity index (χ2v) is 11.7. The van der Waals surface area contributed by atoms with E-state index in [2.05, 4.69) is 15.4 Å². The van der Waals surface area contributed by atoms with Gasteiger partial charge < -0.3 is 29.3 Å². The molecule has 2 aromatic rings. The Kier molecular flexibility index (Phi) is 10.9. The number of carbonyl (C=O) groups excluding carboxylic acids is 2. The average Bonchev–Trinajstić information content (AvgIpc) is 3.10. The quantitative estimate of drug-likeness (QED) is 0.220. The van der Waals surface area contributed by atoms with Crippen molar-refractivity contribution < 1.29 is 46.6 Å². The lowest BCUT2D eigenvalue weighted by atomic mass is 10.1. The Bertz CT molecular complexity index is 1350. The van der Waals surface area contributed by atoms with Crippen LogP contribution in [-0.2, 0) is 28.2 Å². The molecule has 42 heavy (non-hydrogen) atoms. The molecule has 232 valence electrons. The molecule has 1 amide bonds. The smallest absolute Gasteiger partial charge is 0.459 e. The van der Waals surface area contributed by atoms with Crippen molar-refractivity contribution in [3.8, 4) is 5.75 Å². The number of carbonyl (C=O) groups is 2. The van der Waals surface area contributed by atoms with Gasteiger partial charge in [0.2, 0.25) is 12.1 Å². The predicted octanol–water partition coefficient (Wildman–Crippen LogP) is 1.77. The van der Waals surface area contributed by atoms with E-state index < -0.39 is 68.4 Å². The number of aliphatic hydroxyl groups excluding tert-OH is 1. The summed E-state index contributed by atoms with van der Waals surface area (Å²) in [4.78, 5) is 42.0. The predicted molar refractivity (Wildman–Crippen MR) is 145 cm³/mol. The highest BCUT2D eigenvalue weighted by molar-refractivity contribution is 7.52. The standard InChI is InChI=1S/C25H34F2N5O9P/c1-15(2)39-22(35)16(3)30-42(37,41-17-9-7-6-8-10-17)38-14-18-21(34)25(26,27)23(40-18)32-12-11-19(29-24(32)36)28-20(33)13-31(4)5/h6-12,15-16,18,21,23,34H,13-14H2,1-5H3,(H,30,37)(H,28,29,33,36)/t16-,18?,21+,23+,42-/m0/s1. The van der Waals surface area contributed by atoms with E-state index in [9.17, 15) is 24.1 Å². The molecule has 5 atom stereocenters. The third kappa shape index (κ3) is 8.63. The van der Waals surface area contributed by atoms with Crippen LogP contribution in [0.25, 0.3) is 0 Å². The molecule has 1 aliphatic rings. The Morgan fingerprint density at radius 1 is 1.21 bits per heavy atom. The molecule has 1 aromatic carbocycles. The summed E-state index contributed by atoms with van der Waals surface area (Å²) in [5, 5.41) is 15.1. The number of nitrogens with zero attached hydrogens (tertiary/aromatic N) is 3. The summed E-state index contributed by atoms with van der Waals surface area (Å²) in [5.74, 6) is -5.37. The number of aliphatic hydroxyl groups is 1. The first-order valence-corrected chi connectivity index (χ1v) is 14.4. The van der Waals surface area contributed by atoms with Gasteiger partial charge in [0.25, 0.3) is 0 Å². The minimum absolute atomic E-state index is 0.00711. The second kappa shape index (κ2) is 13.8. The fourth-order valence-electron chi connectivity index (χ4n) is 3.74. The number of amides is 1. The number of aromatic nitrogens is 2. The Morgan fingerprint density at radius 3 is 2.48 bits per heavy atom. The van der Waals surface area contributed by atoms with Crippen molar-refractivity contribution in [1.82, 2.24) is 19.5 Å². The first-order chi connectivity index (χ1) is 19.6. The minimum atomic E-state index is -4.46. The lowest BCUT2D eigenvalue weighted by Crippen LogP contribution is -2.42. The maximum absolute atomic E-state index is 15.1. The number of rotatable bonds is 13. The highest BCUT2D eigenvalue weighted by Gasteiger charge is 2.60. The highest BCUT2D eigenvalue weighted by atomic mass is 31.2. The maximum Gasteiger partial charge on any atom is 0.459 e. The summed E-state index contributed by atoms with van der Waals surface area (Å²) in [7, 11) is -1.15. The number of anilines is 1. The molecular formula is C25H34F2N5O9P. The van der Waals surface area contributed by atoms with E-state index in [1.54, 1.807) is 51.0 Å². The molecule has 2 heterocycles. The molecule has 0 saturated carbocycles. The van der Waals surface area contributed by atoms with Gasteiger partial charge in [-0.15, -0.1) is 0 Å². The van der Waals surface area contributed by atoms with Crippen molar-refractivity contribution in [3.05, 3.63) is 53.1 Å². The molecule has 1 unspecified atom stereocenters. The van der Waals surface area contributed by atoms with E-state index in [0.29, 0.717) is 4.57 Å². The number of esters is 1. The van der Waals surface area contributed by atoms with Crippen LogP contribution < -0.4 is 20.6 Å². The molecule has 1 aliphatic heterocycles. The molecule has 14 nitrogen and oxygen atoms in total. The SMILES string of the molecule is CC(C)OC(=O)[C@H](C)N[P@](=O)(OCC1O[C@@H](n2ccc(NC(=O)CN(C)C)nc2=O)C(F)(F)[C@@H]1O)Oc1ccccc1. The molecule has 1 fully saturated rings. The topological polar surface area (TPSA) is 171 Å². The number of hydrogen-bond acceptors (Lipinski definition) is 11. The Morgan fingerprint density at radius 2 is 1.88 bits per heavy atom. The van der Waals surface area contributed by atoms with Gasteiger partial charge in [-0.1, -0.05) is 18.2 Å². The molecule has 1 saturated heterocycles. The number of halogens is 2. The molecular weight excluding hydrogens is 583 g/mol. The van der Waals surface area contributed by atoms with Crippen LogP contribution in [0.1, 0.15) is 27.0 Å². The first-order valence-electron chi connectivity index (χ1n) is 12.8. The third-order valence-electron chi connectivity index (χ3n) is 5.62. The van der Waals surface area contributed by atoms with Crippen molar-refractivity contribution >= 4 is 25.4 Å². The number of para-hydroxylation sites is 1. The van der Waals surface area contributed by atoms with Crippen LogP contribution in [0.2, 0.25) is 0 Å². The molecule has 1 aromatic heterocycles. The summed E-state index contributed by atoms with van der Waals surface area (Å²) in [6.45, 7) is 3.68. The normalized spacial score (nSPS) is 22.0. The van der Waals surface area contributed by atoms with Crippen molar-refractivity contribution in [2.24, 2.45) is 0 Å². The third-order valence-corrected chi connectivity index (χ3v) is 7.27. The van der Waals surface area contributed by atoms with Crippen molar-refractivity contribution in [3.63, 3.8) is 0 Å². The van der Waals surface area contributed by atoms with Crippen molar-refractivity contribution in [2.75, 3.05) is 32.6 Å². The molecule has 3 N–H and O–H groups in total. The average molecular weight is 618 g/mol. The van der Waals surface area contributed by atoms with Crippen LogP contribution in [0.15, 0.2) is 47.4 Å². The van der Waals surface area contributed by atoms with Gasteiger partial charge in [-0.2, -0.15) is 18.9 Å². The summed E-state index contributed by atoms with van der Waals surface area (Å²) in [5.41, 5.74) is -1.19. The number of benzene rings is 1. The number of nitrogens with one attached hydrogen (secondary N) is 2. The maximum atomic E-state index is 15.1. The molecule has 3 rings (SSSR count). The van der Waals surface area contributed by atoms with Crippen LogP contribution in [0.4, 0.5) is 14.6 Å². The van der Waals surface area contributed by atoms with E-state index in [1.165, 1.54) is 19.1 Å². The van der Waals surface area contributed by atoms with E-state index in [0.717, 1.165) is 12.3 Å². The van der Waals surface area contributed by atoms with Crippen LogP contribution in [0.5, 0.6) is 5.75 Å². The first kappa shape index (κ1) is 33.2. The number of likely N-dealkylation sites (N-methyl/N-ethyl adjacent to an activating group) is 1. The zero-order valence-corrected chi connectivity index (χ0v) is 24.5. The molecule has 0 bridgehead atoms. The summed E-state index contributed by atoms with van der Waals surface area (Å²) >= 11 is 0. The van der Waals surface area contributed by atoms with E-state index >= 15 is 8.78 Å². The van der Waals surface area contributed by atoms with Gasteiger partial charge in [0.05, 0.1) is 19.3 Å². The number of alkyl halides is 2. The zero-order valence-electron chi connectivity index (χ0n) is 23.6. The highest BCUT2D eigenvalue weighted by Crippen LogP contribution is 2.48. The van der Waals surface area contributed by atoms with Crippen LogP contribution in [-0.4, -0.2) is 89.0 Å². The van der Waals surface area contributed by atoms with Gasteiger partial charge in [-0.3, -0.25) is 18.7 Å². The molecule has 17 heteroatoms. The Labute approximate surface area is 240 Å². The van der Waals surface area contributed by atoms with Crippen molar-refractivity contribution in [1.29, 1.82) is 0 Å². The molecule has 0 radical (unpaired) electrons. The van der Waals surface area contributed by atoms with Crippen molar-refractivity contribution in [2.45, 2.75) is 57.3 Å². The molecule has 0 spiro atoms. The lowest BCUT2D eigenvalue weighted by Gasteiger charge is -2.25. The fourth-order valence-corrected chi connectivity index (χ4v) is 5.24. The van der Waals surface area contributed by atoms with Crippen LogP contribution in [0.3, 0.4) is 0 Å². The summed E-state index contributed by atoms with van der Waals surface area (Å²) < 4.78 is 65.5. The van der Waals surface area contributed by atoms with Crippen LogP contribution in [0, 0.1) is 0 Å².